The van der Waals surface area contributed by atoms with E-state index in [9.17, 15) is 9.18 Å². The van der Waals surface area contributed by atoms with Crippen LogP contribution in [0.2, 0.25) is 0 Å². The van der Waals surface area contributed by atoms with Crippen LogP contribution in [-0.4, -0.2) is 45.4 Å². The van der Waals surface area contributed by atoms with Crippen molar-refractivity contribution in [2.75, 3.05) is 19.7 Å². The maximum atomic E-state index is 13.5. The molecular formula is C18H19FN4O3. The van der Waals surface area contributed by atoms with Gasteiger partial charge in [-0.3, -0.25) is 9.48 Å². The van der Waals surface area contributed by atoms with Gasteiger partial charge in [-0.05, 0) is 25.1 Å². The summed E-state index contributed by atoms with van der Waals surface area (Å²) in [4.78, 5) is 14.5. The number of ether oxygens (including phenoxy) is 1. The number of nitrogens with zero attached hydrogens (tertiary/aromatic N) is 4. The van der Waals surface area contributed by atoms with Crippen molar-refractivity contribution in [3.05, 3.63) is 47.7 Å². The van der Waals surface area contributed by atoms with E-state index in [4.69, 9.17) is 9.26 Å². The lowest BCUT2D eigenvalue weighted by atomic mass is 10.1. The summed E-state index contributed by atoms with van der Waals surface area (Å²) in [5, 5.41) is 8.72. The Balaban J connectivity index is 1.47. The van der Waals surface area contributed by atoms with Crippen molar-refractivity contribution in [3.8, 4) is 0 Å². The molecule has 2 aromatic heterocycles. The molecule has 26 heavy (non-hydrogen) atoms. The standard InChI is InChI=1S/C18H19FN4O3/c1-2-23-10-12(9-20-23)17-11-22(5-6-25-17)18(24)8-15-14-7-13(19)3-4-16(14)26-21-15/h3-4,7,9-10,17H,2,5-6,8,11H2,1H3. The molecule has 1 saturated heterocycles. The minimum atomic E-state index is -0.381. The van der Waals surface area contributed by atoms with Crippen LogP contribution >= 0.6 is 0 Å². The summed E-state index contributed by atoms with van der Waals surface area (Å²) in [7, 11) is 0. The predicted molar refractivity (Wildman–Crippen MR) is 90.8 cm³/mol. The van der Waals surface area contributed by atoms with Gasteiger partial charge in [-0.25, -0.2) is 4.39 Å². The molecule has 3 heterocycles. The second kappa shape index (κ2) is 6.87. The van der Waals surface area contributed by atoms with Crippen molar-refractivity contribution >= 4 is 16.9 Å². The first-order valence-electron chi connectivity index (χ1n) is 8.59. The number of halogens is 1. The van der Waals surface area contributed by atoms with Gasteiger partial charge < -0.3 is 14.2 Å². The van der Waals surface area contributed by atoms with Crippen molar-refractivity contribution < 1.29 is 18.4 Å². The molecule has 1 atom stereocenters. The molecule has 0 spiro atoms. The highest BCUT2D eigenvalue weighted by atomic mass is 19.1. The van der Waals surface area contributed by atoms with Gasteiger partial charge in [-0.15, -0.1) is 0 Å². The number of benzene rings is 1. The molecule has 1 aliphatic rings. The van der Waals surface area contributed by atoms with E-state index in [-0.39, 0.29) is 24.2 Å². The summed E-state index contributed by atoms with van der Waals surface area (Å²) < 4.78 is 26.3. The fourth-order valence-electron chi connectivity index (χ4n) is 3.14. The second-order valence-electron chi connectivity index (χ2n) is 6.28. The minimum absolute atomic E-state index is 0.0669. The maximum absolute atomic E-state index is 13.5. The first-order chi connectivity index (χ1) is 12.6. The summed E-state index contributed by atoms with van der Waals surface area (Å²) >= 11 is 0. The van der Waals surface area contributed by atoms with Crippen LogP contribution in [0.5, 0.6) is 0 Å². The van der Waals surface area contributed by atoms with Gasteiger partial charge in [-0.2, -0.15) is 5.10 Å². The normalized spacial score (nSPS) is 17.8. The number of amides is 1. The lowest BCUT2D eigenvalue weighted by Gasteiger charge is -2.32. The molecule has 4 rings (SSSR count). The molecule has 0 aliphatic carbocycles. The van der Waals surface area contributed by atoms with Crippen LogP contribution in [0.25, 0.3) is 11.0 Å². The first kappa shape index (κ1) is 16.7. The zero-order valence-electron chi connectivity index (χ0n) is 14.4. The Hall–Kier alpha value is -2.74. The van der Waals surface area contributed by atoms with Gasteiger partial charge in [0, 0.05) is 30.2 Å². The number of fused-ring (bicyclic) bond motifs is 1. The fraction of sp³-hybridized carbons (Fsp3) is 0.389. The van der Waals surface area contributed by atoms with E-state index >= 15 is 0 Å². The molecule has 3 aromatic rings. The summed E-state index contributed by atoms with van der Waals surface area (Å²) in [6, 6.07) is 4.17. The first-order valence-corrected chi connectivity index (χ1v) is 8.59. The number of rotatable bonds is 4. The molecule has 8 heteroatoms. The molecule has 7 nitrogen and oxygen atoms in total. The lowest BCUT2D eigenvalue weighted by molar-refractivity contribution is -0.138. The van der Waals surface area contributed by atoms with Gasteiger partial charge in [0.25, 0.3) is 0 Å². The summed E-state index contributed by atoms with van der Waals surface area (Å²) in [6.07, 6.45) is 3.58. The Bertz CT molecular complexity index is 936. The van der Waals surface area contributed by atoms with Crippen LogP contribution in [0, 0.1) is 5.82 Å². The highest BCUT2D eigenvalue weighted by molar-refractivity contribution is 5.86. The van der Waals surface area contributed by atoms with E-state index in [2.05, 4.69) is 10.3 Å². The third-order valence-electron chi connectivity index (χ3n) is 4.59. The summed E-state index contributed by atoms with van der Waals surface area (Å²) in [6.45, 7) is 4.23. The van der Waals surface area contributed by atoms with E-state index in [1.165, 1.54) is 18.2 Å². The Labute approximate surface area is 149 Å². The van der Waals surface area contributed by atoms with E-state index in [1.54, 1.807) is 11.1 Å². The number of carbonyl (C=O) groups excluding carboxylic acids is 1. The van der Waals surface area contributed by atoms with Gasteiger partial charge >= 0.3 is 0 Å². The quantitative estimate of drug-likeness (QED) is 0.716. The third kappa shape index (κ3) is 3.20. The zero-order valence-corrected chi connectivity index (χ0v) is 14.4. The molecular weight excluding hydrogens is 339 g/mol. The lowest BCUT2D eigenvalue weighted by Crippen LogP contribution is -2.43. The number of hydrogen-bond donors (Lipinski definition) is 0. The number of carbonyl (C=O) groups is 1. The SMILES string of the molecule is CCn1cc(C2CN(C(=O)Cc3noc4ccc(F)cc34)CCO2)cn1. The summed E-state index contributed by atoms with van der Waals surface area (Å²) in [5.74, 6) is -0.464. The van der Waals surface area contributed by atoms with Crippen LogP contribution in [0.1, 0.15) is 24.3 Å². The van der Waals surface area contributed by atoms with Gasteiger partial charge in [0.1, 0.15) is 17.6 Å². The molecule has 1 amide bonds. The Kier molecular flexibility index (Phi) is 4.42. The van der Waals surface area contributed by atoms with Crippen molar-refractivity contribution in [1.82, 2.24) is 19.8 Å². The highest BCUT2D eigenvalue weighted by Gasteiger charge is 2.27. The average molecular weight is 358 g/mol. The van der Waals surface area contributed by atoms with Crippen LogP contribution in [0.3, 0.4) is 0 Å². The second-order valence-corrected chi connectivity index (χ2v) is 6.28. The van der Waals surface area contributed by atoms with E-state index in [0.717, 1.165) is 12.1 Å². The number of aryl methyl sites for hydroxylation is 1. The fourth-order valence-corrected chi connectivity index (χ4v) is 3.14. The third-order valence-corrected chi connectivity index (χ3v) is 4.59. The maximum Gasteiger partial charge on any atom is 0.228 e. The van der Waals surface area contributed by atoms with Crippen LogP contribution in [-0.2, 0) is 22.5 Å². The van der Waals surface area contributed by atoms with Gasteiger partial charge in [0.2, 0.25) is 5.91 Å². The van der Waals surface area contributed by atoms with Crippen LogP contribution in [0.4, 0.5) is 4.39 Å². The van der Waals surface area contributed by atoms with E-state index in [1.807, 2.05) is 17.8 Å². The molecule has 1 aromatic carbocycles. The number of morpholine rings is 1. The van der Waals surface area contributed by atoms with Crippen LogP contribution < -0.4 is 0 Å². The highest BCUT2D eigenvalue weighted by Crippen LogP contribution is 2.24. The molecule has 0 bridgehead atoms. The Morgan fingerprint density at radius 1 is 1.42 bits per heavy atom. The Morgan fingerprint density at radius 2 is 2.31 bits per heavy atom. The minimum Gasteiger partial charge on any atom is -0.370 e. The monoisotopic (exact) mass is 358 g/mol. The zero-order chi connectivity index (χ0) is 18.1. The number of aromatic nitrogens is 3. The van der Waals surface area contributed by atoms with Gasteiger partial charge in [0.05, 0.1) is 25.8 Å². The van der Waals surface area contributed by atoms with E-state index < -0.39 is 0 Å². The number of hydrogen-bond acceptors (Lipinski definition) is 5. The topological polar surface area (TPSA) is 73.4 Å². The Morgan fingerprint density at radius 3 is 3.12 bits per heavy atom. The molecule has 0 radical (unpaired) electrons. The smallest absolute Gasteiger partial charge is 0.228 e. The molecule has 136 valence electrons. The largest absolute Gasteiger partial charge is 0.370 e. The van der Waals surface area contributed by atoms with Crippen molar-refractivity contribution in [2.45, 2.75) is 26.0 Å². The predicted octanol–water partition coefficient (Wildman–Crippen LogP) is 2.33. The van der Waals surface area contributed by atoms with E-state index in [0.29, 0.717) is 36.4 Å². The van der Waals surface area contributed by atoms with Gasteiger partial charge in [0.15, 0.2) is 5.58 Å². The molecule has 0 N–H and O–H groups in total. The van der Waals surface area contributed by atoms with Crippen LogP contribution in [0.15, 0.2) is 35.1 Å². The van der Waals surface area contributed by atoms with Gasteiger partial charge in [-0.1, -0.05) is 5.16 Å². The van der Waals surface area contributed by atoms with Crippen molar-refractivity contribution in [3.63, 3.8) is 0 Å². The van der Waals surface area contributed by atoms with Crippen molar-refractivity contribution in [1.29, 1.82) is 0 Å². The van der Waals surface area contributed by atoms with Crippen molar-refractivity contribution in [2.24, 2.45) is 0 Å². The molecule has 1 aliphatic heterocycles. The molecule has 1 unspecified atom stereocenters. The average Bonchev–Trinajstić information content (AvgIpc) is 3.29. The molecule has 0 saturated carbocycles. The molecule has 1 fully saturated rings. The summed E-state index contributed by atoms with van der Waals surface area (Å²) in [5.41, 5.74) is 1.88.